The van der Waals surface area contributed by atoms with Crippen molar-refractivity contribution >= 4 is 5.97 Å². The summed E-state index contributed by atoms with van der Waals surface area (Å²) in [6.45, 7) is 2.28. The molecule has 1 aromatic rings. The lowest BCUT2D eigenvalue weighted by Gasteiger charge is -2.21. The molecule has 1 saturated heterocycles. The lowest BCUT2D eigenvalue weighted by molar-refractivity contribution is -0.149. The molecule has 1 aliphatic rings. The second kappa shape index (κ2) is 6.40. The van der Waals surface area contributed by atoms with Gasteiger partial charge in [-0.3, -0.25) is 4.79 Å². The van der Waals surface area contributed by atoms with Crippen molar-refractivity contribution in [2.45, 2.75) is 19.3 Å². The fourth-order valence-corrected chi connectivity index (χ4v) is 2.09. The van der Waals surface area contributed by atoms with E-state index in [-0.39, 0.29) is 11.9 Å². The Morgan fingerprint density at radius 3 is 2.88 bits per heavy atom. The molecule has 0 aliphatic carbocycles. The Labute approximate surface area is 102 Å². The van der Waals surface area contributed by atoms with E-state index in [1.165, 1.54) is 5.56 Å². The molecule has 1 heterocycles. The number of ether oxygens (including phenoxy) is 1. The molecule has 0 saturated carbocycles. The Morgan fingerprint density at radius 1 is 1.35 bits per heavy atom. The number of hydrogen-bond acceptors (Lipinski definition) is 3. The summed E-state index contributed by atoms with van der Waals surface area (Å²) < 4.78 is 5.31. The Balaban J connectivity index is 1.69. The Morgan fingerprint density at radius 2 is 2.18 bits per heavy atom. The summed E-state index contributed by atoms with van der Waals surface area (Å²) in [6.07, 6.45) is 2.82. The maximum atomic E-state index is 11.7. The minimum absolute atomic E-state index is 0.0480. The molecule has 0 aromatic heterocycles. The van der Waals surface area contributed by atoms with Crippen molar-refractivity contribution in [2.24, 2.45) is 5.92 Å². The van der Waals surface area contributed by atoms with Crippen LogP contribution in [0.3, 0.4) is 0 Å². The van der Waals surface area contributed by atoms with E-state index in [4.69, 9.17) is 4.74 Å². The van der Waals surface area contributed by atoms with Gasteiger partial charge in [0, 0.05) is 13.0 Å². The molecular weight excluding hydrogens is 214 g/mol. The maximum absolute atomic E-state index is 11.7. The number of piperidine rings is 1. The summed E-state index contributed by atoms with van der Waals surface area (Å²) in [7, 11) is 0. The number of hydrogen-bond donors (Lipinski definition) is 1. The summed E-state index contributed by atoms with van der Waals surface area (Å²) >= 11 is 0. The van der Waals surface area contributed by atoms with Crippen LogP contribution in [0.5, 0.6) is 0 Å². The van der Waals surface area contributed by atoms with Gasteiger partial charge in [-0.05, 0) is 24.9 Å². The minimum atomic E-state index is -0.0480. The summed E-state index contributed by atoms with van der Waals surface area (Å²) in [4.78, 5) is 11.7. The molecule has 17 heavy (non-hydrogen) atoms. The van der Waals surface area contributed by atoms with Crippen molar-refractivity contribution in [3.05, 3.63) is 35.9 Å². The molecule has 0 amide bonds. The van der Waals surface area contributed by atoms with Crippen molar-refractivity contribution < 1.29 is 9.53 Å². The third kappa shape index (κ3) is 3.86. The zero-order valence-corrected chi connectivity index (χ0v) is 10.0. The van der Waals surface area contributed by atoms with Crippen LogP contribution in [0.1, 0.15) is 18.4 Å². The molecule has 1 unspecified atom stereocenters. The highest BCUT2D eigenvalue weighted by atomic mass is 16.5. The van der Waals surface area contributed by atoms with Gasteiger partial charge in [-0.25, -0.2) is 0 Å². The van der Waals surface area contributed by atoms with Gasteiger partial charge in [-0.2, -0.15) is 0 Å². The van der Waals surface area contributed by atoms with Crippen molar-refractivity contribution in [1.82, 2.24) is 5.32 Å². The van der Waals surface area contributed by atoms with Crippen LogP contribution in [-0.4, -0.2) is 25.7 Å². The van der Waals surface area contributed by atoms with Crippen LogP contribution in [0.25, 0.3) is 0 Å². The maximum Gasteiger partial charge on any atom is 0.310 e. The van der Waals surface area contributed by atoms with E-state index in [0.717, 1.165) is 32.4 Å². The molecule has 1 atom stereocenters. The van der Waals surface area contributed by atoms with Gasteiger partial charge < -0.3 is 10.1 Å². The summed E-state index contributed by atoms with van der Waals surface area (Å²) in [5.74, 6) is 0.00709. The number of carbonyl (C=O) groups excluding carboxylic acids is 1. The molecule has 1 fully saturated rings. The SMILES string of the molecule is O=C(OCCc1ccccc1)C1CCCNC1. The van der Waals surface area contributed by atoms with Crippen LogP contribution in [0.2, 0.25) is 0 Å². The Bertz CT molecular complexity index is 344. The monoisotopic (exact) mass is 233 g/mol. The van der Waals surface area contributed by atoms with E-state index in [9.17, 15) is 4.79 Å². The Hall–Kier alpha value is -1.35. The van der Waals surface area contributed by atoms with E-state index in [1.807, 2.05) is 18.2 Å². The minimum Gasteiger partial charge on any atom is -0.465 e. The molecule has 3 heteroatoms. The summed E-state index contributed by atoms with van der Waals surface area (Å²) in [5, 5.41) is 3.22. The van der Waals surface area contributed by atoms with Gasteiger partial charge in [-0.15, -0.1) is 0 Å². The third-order valence-corrected chi connectivity index (χ3v) is 3.11. The van der Waals surface area contributed by atoms with Crippen LogP contribution in [0.15, 0.2) is 30.3 Å². The van der Waals surface area contributed by atoms with Crippen LogP contribution in [0.4, 0.5) is 0 Å². The predicted molar refractivity (Wildman–Crippen MR) is 66.7 cm³/mol. The molecule has 1 N–H and O–H groups in total. The Kier molecular flexibility index (Phi) is 4.56. The standard InChI is InChI=1S/C14H19NO2/c16-14(13-7-4-9-15-11-13)17-10-8-12-5-2-1-3-6-12/h1-3,5-6,13,15H,4,7-11H2. The molecule has 2 rings (SSSR count). The van der Waals surface area contributed by atoms with Gasteiger partial charge in [0.15, 0.2) is 0 Å². The van der Waals surface area contributed by atoms with E-state index in [0.29, 0.717) is 6.61 Å². The van der Waals surface area contributed by atoms with Gasteiger partial charge in [0.05, 0.1) is 12.5 Å². The number of carbonyl (C=O) groups is 1. The van der Waals surface area contributed by atoms with E-state index >= 15 is 0 Å². The first-order valence-electron chi connectivity index (χ1n) is 6.27. The quantitative estimate of drug-likeness (QED) is 0.805. The highest BCUT2D eigenvalue weighted by molar-refractivity contribution is 5.72. The summed E-state index contributed by atoms with van der Waals surface area (Å²) in [6, 6.07) is 10.1. The molecule has 1 aliphatic heterocycles. The van der Waals surface area contributed by atoms with Gasteiger partial charge in [0.25, 0.3) is 0 Å². The summed E-state index contributed by atoms with van der Waals surface area (Å²) in [5.41, 5.74) is 1.21. The lowest BCUT2D eigenvalue weighted by atomic mass is 10.0. The van der Waals surface area contributed by atoms with E-state index < -0.39 is 0 Å². The number of esters is 1. The molecular formula is C14H19NO2. The highest BCUT2D eigenvalue weighted by Crippen LogP contribution is 2.11. The largest absolute Gasteiger partial charge is 0.465 e. The number of benzene rings is 1. The first kappa shape index (κ1) is 12.1. The fraction of sp³-hybridized carbons (Fsp3) is 0.500. The fourth-order valence-electron chi connectivity index (χ4n) is 2.09. The highest BCUT2D eigenvalue weighted by Gasteiger charge is 2.21. The zero-order chi connectivity index (χ0) is 11.9. The van der Waals surface area contributed by atoms with Crippen LogP contribution >= 0.6 is 0 Å². The second-order valence-corrected chi connectivity index (χ2v) is 4.45. The average Bonchev–Trinajstić information content (AvgIpc) is 2.41. The normalized spacial score (nSPS) is 19.9. The van der Waals surface area contributed by atoms with Gasteiger partial charge in [-0.1, -0.05) is 30.3 Å². The molecule has 0 spiro atoms. The van der Waals surface area contributed by atoms with Crippen molar-refractivity contribution in [1.29, 1.82) is 0 Å². The first-order chi connectivity index (χ1) is 8.36. The van der Waals surface area contributed by atoms with Crippen LogP contribution in [-0.2, 0) is 16.0 Å². The van der Waals surface area contributed by atoms with Crippen LogP contribution in [0, 0.1) is 5.92 Å². The second-order valence-electron chi connectivity index (χ2n) is 4.45. The van der Waals surface area contributed by atoms with Gasteiger partial charge in [0.2, 0.25) is 0 Å². The predicted octanol–water partition coefficient (Wildman–Crippen LogP) is 1.77. The van der Waals surface area contributed by atoms with Gasteiger partial charge in [0.1, 0.15) is 0 Å². The lowest BCUT2D eigenvalue weighted by Crippen LogP contribution is -2.35. The number of rotatable bonds is 4. The van der Waals surface area contributed by atoms with E-state index in [2.05, 4.69) is 17.4 Å². The van der Waals surface area contributed by atoms with Crippen molar-refractivity contribution in [3.8, 4) is 0 Å². The topological polar surface area (TPSA) is 38.3 Å². The molecule has 3 nitrogen and oxygen atoms in total. The zero-order valence-electron chi connectivity index (χ0n) is 10.0. The smallest absolute Gasteiger partial charge is 0.310 e. The first-order valence-corrected chi connectivity index (χ1v) is 6.27. The molecule has 0 bridgehead atoms. The molecule has 92 valence electrons. The van der Waals surface area contributed by atoms with E-state index in [1.54, 1.807) is 0 Å². The molecule has 0 radical (unpaired) electrons. The van der Waals surface area contributed by atoms with Gasteiger partial charge >= 0.3 is 5.97 Å². The van der Waals surface area contributed by atoms with Crippen molar-refractivity contribution in [3.63, 3.8) is 0 Å². The van der Waals surface area contributed by atoms with Crippen LogP contribution < -0.4 is 5.32 Å². The molecule has 1 aromatic carbocycles. The number of nitrogens with one attached hydrogen (secondary N) is 1. The van der Waals surface area contributed by atoms with Crippen molar-refractivity contribution in [2.75, 3.05) is 19.7 Å². The average molecular weight is 233 g/mol. The third-order valence-electron chi connectivity index (χ3n) is 3.11.